The zero-order chi connectivity index (χ0) is 12.3. The van der Waals surface area contributed by atoms with Crippen molar-refractivity contribution in [3.8, 4) is 5.75 Å². The van der Waals surface area contributed by atoms with Crippen LogP contribution in [0.5, 0.6) is 5.75 Å². The van der Waals surface area contributed by atoms with Gasteiger partial charge in [0, 0.05) is 17.0 Å². The van der Waals surface area contributed by atoms with E-state index < -0.39 is 0 Å². The summed E-state index contributed by atoms with van der Waals surface area (Å²) in [6, 6.07) is 5.14. The largest absolute Gasteiger partial charge is 0.484 e. The van der Waals surface area contributed by atoms with Crippen molar-refractivity contribution in [2.75, 3.05) is 0 Å². The number of nitrogens with zero attached hydrogens (tertiary/aromatic N) is 2. The summed E-state index contributed by atoms with van der Waals surface area (Å²) in [6.45, 7) is 1.89. The molecule has 0 bridgehead atoms. The average molecular weight is 297 g/mol. The van der Waals surface area contributed by atoms with E-state index in [-0.39, 0.29) is 6.61 Å². The molecule has 0 amide bonds. The van der Waals surface area contributed by atoms with Crippen molar-refractivity contribution in [3.05, 3.63) is 40.0 Å². The monoisotopic (exact) mass is 296 g/mol. The molecule has 2 rings (SSSR count). The topological polar surface area (TPSA) is 65.2 Å². The van der Waals surface area contributed by atoms with Gasteiger partial charge in [-0.05, 0) is 18.2 Å². The Morgan fingerprint density at radius 1 is 1.47 bits per heavy atom. The number of aryl methyl sites for hydroxylation is 1. The molecule has 0 fully saturated rings. The van der Waals surface area contributed by atoms with Gasteiger partial charge in [-0.25, -0.2) is 0 Å². The Morgan fingerprint density at radius 2 is 2.29 bits per heavy atom. The molecule has 0 atom stereocenters. The number of carbonyl (C=O) groups excluding carboxylic acids is 1. The lowest BCUT2D eigenvalue weighted by Crippen LogP contribution is -1.96. The Balaban J connectivity index is 2.06. The Hall–Kier alpha value is -1.69. The maximum Gasteiger partial charge on any atom is 0.253 e. The highest BCUT2D eigenvalue weighted by Crippen LogP contribution is 2.21. The summed E-state index contributed by atoms with van der Waals surface area (Å²) < 4.78 is 11.3. The van der Waals surface area contributed by atoms with Gasteiger partial charge in [0.25, 0.3) is 5.89 Å². The van der Waals surface area contributed by atoms with Crippen LogP contribution in [0.1, 0.15) is 22.1 Å². The second-order valence-electron chi connectivity index (χ2n) is 3.30. The summed E-state index contributed by atoms with van der Waals surface area (Å²) in [5, 5.41) is 7.49. The number of rotatable bonds is 4. The van der Waals surface area contributed by atoms with Crippen molar-refractivity contribution in [2.45, 2.75) is 13.5 Å². The summed E-state index contributed by atoms with van der Waals surface area (Å²) in [5.41, 5.74) is 0.532. The van der Waals surface area contributed by atoms with Crippen LogP contribution in [0, 0.1) is 6.92 Å². The quantitative estimate of drug-likeness (QED) is 0.811. The highest BCUT2D eigenvalue weighted by Gasteiger charge is 2.05. The predicted molar refractivity (Wildman–Crippen MR) is 62.9 cm³/mol. The maximum absolute atomic E-state index is 10.7. The first-order chi connectivity index (χ1) is 8.19. The van der Waals surface area contributed by atoms with Gasteiger partial charge in [0.05, 0.1) is 0 Å². The molecular formula is C11H9BrN2O3. The lowest BCUT2D eigenvalue weighted by Gasteiger charge is -2.04. The first-order valence-corrected chi connectivity index (χ1v) is 5.65. The Labute approximate surface area is 106 Å². The number of aromatic nitrogens is 2. The summed E-state index contributed by atoms with van der Waals surface area (Å²) in [4.78, 5) is 10.7. The molecule has 0 aliphatic carbocycles. The lowest BCUT2D eigenvalue weighted by molar-refractivity contribution is 0.112. The molecular weight excluding hydrogens is 288 g/mol. The van der Waals surface area contributed by atoms with Crippen LogP contribution in [-0.2, 0) is 6.61 Å². The molecule has 1 aromatic carbocycles. The van der Waals surface area contributed by atoms with Crippen LogP contribution in [0.3, 0.4) is 0 Å². The van der Waals surface area contributed by atoms with Crippen LogP contribution in [-0.4, -0.2) is 16.5 Å². The fraction of sp³-hybridized carbons (Fsp3) is 0.182. The Kier molecular flexibility index (Phi) is 3.53. The van der Waals surface area contributed by atoms with Gasteiger partial charge in [0.15, 0.2) is 12.9 Å². The van der Waals surface area contributed by atoms with Gasteiger partial charge in [0.1, 0.15) is 5.75 Å². The third-order valence-corrected chi connectivity index (χ3v) is 2.75. The van der Waals surface area contributed by atoms with E-state index in [0.717, 1.165) is 10.8 Å². The van der Waals surface area contributed by atoms with Crippen LogP contribution in [0.15, 0.2) is 27.1 Å². The minimum absolute atomic E-state index is 0.181. The maximum atomic E-state index is 10.7. The van der Waals surface area contributed by atoms with Crippen molar-refractivity contribution < 1.29 is 13.9 Å². The number of hydrogen-bond donors (Lipinski definition) is 0. The molecule has 0 aliphatic rings. The summed E-state index contributed by atoms with van der Waals surface area (Å²) in [6.07, 6.45) is 0.758. The standard InChI is InChI=1S/C11H9BrN2O3/c1-7-13-14-11(17-7)6-16-9-2-3-10(12)8(4-9)5-15/h2-5H,6H2,1H3. The highest BCUT2D eigenvalue weighted by atomic mass is 79.9. The third-order valence-electron chi connectivity index (χ3n) is 2.02. The van der Waals surface area contributed by atoms with E-state index in [0.29, 0.717) is 23.1 Å². The van der Waals surface area contributed by atoms with Gasteiger partial charge in [-0.1, -0.05) is 15.9 Å². The van der Waals surface area contributed by atoms with E-state index in [1.54, 1.807) is 25.1 Å². The van der Waals surface area contributed by atoms with Crippen LogP contribution in [0.25, 0.3) is 0 Å². The number of halogens is 1. The fourth-order valence-corrected chi connectivity index (χ4v) is 1.58. The van der Waals surface area contributed by atoms with Gasteiger partial charge in [0.2, 0.25) is 5.89 Å². The summed E-state index contributed by atoms with van der Waals surface area (Å²) in [5.74, 6) is 1.47. The normalized spacial score (nSPS) is 10.2. The molecule has 0 aliphatic heterocycles. The minimum atomic E-state index is 0.181. The molecule has 0 saturated carbocycles. The van der Waals surface area contributed by atoms with Crippen LogP contribution in [0.4, 0.5) is 0 Å². The number of carbonyl (C=O) groups is 1. The van der Waals surface area contributed by atoms with Crippen molar-refractivity contribution >= 4 is 22.2 Å². The molecule has 0 N–H and O–H groups in total. The third kappa shape index (κ3) is 2.91. The van der Waals surface area contributed by atoms with E-state index in [1.807, 2.05) is 0 Å². The number of hydrogen-bond acceptors (Lipinski definition) is 5. The van der Waals surface area contributed by atoms with Crippen molar-refractivity contribution in [3.63, 3.8) is 0 Å². The average Bonchev–Trinajstić information content (AvgIpc) is 2.74. The second-order valence-corrected chi connectivity index (χ2v) is 4.16. The zero-order valence-corrected chi connectivity index (χ0v) is 10.6. The molecule has 88 valence electrons. The van der Waals surface area contributed by atoms with Gasteiger partial charge in [-0.15, -0.1) is 10.2 Å². The first-order valence-electron chi connectivity index (χ1n) is 4.85. The molecule has 0 unspecified atom stereocenters. The Bertz CT molecular complexity index is 539. The molecule has 0 saturated heterocycles. The van der Waals surface area contributed by atoms with Gasteiger partial charge >= 0.3 is 0 Å². The molecule has 0 radical (unpaired) electrons. The van der Waals surface area contributed by atoms with Gasteiger partial charge in [-0.2, -0.15) is 0 Å². The van der Waals surface area contributed by atoms with E-state index in [2.05, 4.69) is 26.1 Å². The molecule has 2 aromatic rings. The molecule has 6 heteroatoms. The summed E-state index contributed by atoms with van der Waals surface area (Å²) >= 11 is 3.26. The molecule has 5 nitrogen and oxygen atoms in total. The minimum Gasteiger partial charge on any atom is -0.484 e. The van der Waals surface area contributed by atoms with Crippen molar-refractivity contribution in [1.29, 1.82) is 0 Å². The van der Waals surface area contributed by atoms with E-state index in [1.165, 1.54) is 0 Å². The van der Waals surface area contributed by atoms with Crippen LogP contribution < -0.4 is 4.74 Å². The van der Waals surface area contributed by atoms with E-state index >= 15 is 0 Å². The molecule has 17 heavy (non-hydrogen) atoms. The SMILES string of the molecule is Cc1nnc(COc2ccc(Br)c(C=O)c2)o1. The highest BCUT2D eigenvalue weighted by molar-refractivity contribution is 9.10. The molecule has 1 heterocycles. The summed E-state index contributed by atoms with van der Waals surface area (Å²) in [7, 11) is 0. The van der Waals surface area contributed by atoms with Crippen LogP contribution >= 0.6 is 15.9 Å². The van der Waals surface area contributed by atoms with Crippen molar-refractivity contribution in [2.24, 2.45) is 0 Å². The smallest absolute Gasteiger partial charge is 0.253 e. The lowest BCUT2D eigenvalue weighted by atomic mass is 10.2. The van der Waals surface area contributed by atoms with Gasteiger partial charge < -0.3 is 9.15 Å². The number of benzene rings is 1. The second kappa shape index (κ2) is 5.09. The Morgan fingerprint density at radius 3 is 2.94 bits per heavy atom. The first kappa shape index (κ1) is 11.8. The number of aldehydes is 1. The molecule has 1 aromatic heterocycles. The molecule has 0 spiro atoms. The van der Waals surface area contributed by atoms with Gasteiger partial charge in [-0.3, -0.25) is 4.79 Å². The predicted octanol–water partition coefficient (Wildman–Crippen LogP) is 2.53. The van der Waals surface area contributed by atoms with Crippen molar-refractivity contribution in [1.82, 2.24) is 10.2 Å². The zero-order valence-electron chi connectivity index (χ0n) is 9.01. The van der Waals surface area contributed by atoms with E-state index in [9.17, 15) is 4.79 Å². The number of ether oxygens (including phenoxy) is 1. The fourth-order valence-electron chi connectivity index (χ4n) is 1.24. The van der Waals surface area contributed by atoms with E-state index in [4.69, 9.17) is 9.15 Å². The van der Waals surface area contributed by atoms with Crippen LogP contribution in [0.2, 0.25) is 0 Å².